The Morgan fingerprint density at radius 1 is 1.03 bits per heavy atom. The maximum absolute atomic E-state index is 13.0. The Hall–Kier alpha value is -3.88. The number of halogens is 1. The predicted octanol–water partition coefficient (Wildman–Crippen LogP) is 2.49. The number of hydrogen-bond acceptors (Lipinski definition) is 5. The number of methoxy groups -OCH3 is 1. The summed E-state index contributed by atoms with van der Waals surface area (Å²) in [6.07, 6.45) is 1.56. The fourth-order valence-electron chi connectivity index (χ4n) is 2.52. The van der Waals surface area contributed by atoms with Crippen molar-refractivity contribution in [2.45, 2.75) is 6.92 Å². The molecule has 0 radical (unpaired) electrons. The summed E-state index contributed by atoms with van der Waals surface area (Å²) in [5.74, 6) is -0.576. The number of rotatable bonds is 6. The Kier molecular flexibility index (Phi) is 6.08. The van der Waals surface area contributed by atoms with Crippen LogP contribution in [0.3, 0.4) is 0 Å². The molecular formula is C20H19FN4O4. The van der Waals surface area contributed by atoms with Crippen LogP contribution in [0.15, 0.2) is 54.7 Å². The van der Waals surface area contributed by atoms with Crippen molar-refractivity contribution in [3.05, 3.63) is 71.8 Å². The highest BCUT2D eigenvalue weighted by Gasteiger charge is 2.14. The van der Waals surface area contributed by atoms with Gasteiger partial charge in [0.2, 0.25) is 0 Å². The lowest BCUT2D eigenvalue weighted by molar-refractivity contribution is 0.0843. The minimum Gasteiger partial charge on any atom is -0.493 e. The third-order valence-electron chi connectivity index (χ3n) is 3.93. The summed E-state index contributed by atoms with van der Waals surface area (Å²) < 4.78 is 25.0. The zero-order valence-corrected chi connectivity index (χ0v) is 15.8. The average molecular weight is 398 g/mol. The van der Waals surface area contributed by atoms with Crippen molar-refractivity contribution < 1.29 is 23.5 Å². The highest BCUT2D eigenvalue weighted by atomic mass is 19.1. The molecule has 0 bridgehead atoms. The van der Waals surface area contributed by atoms with E-state index in [0.29, 0.717) is 23.8 Å². The summed E-state index contributed by atoms with van der Waals surface area (Å²) in [7, 11) is 1.47. The molecule has 0 aliphatic heterocycles. The van der Waals surface area contributed by atoms with Gasteiger partial charge in [0.25, 0.3) is 11.8 Å². The molecule has 9 heteroatoms. The van der Waals surface area contributed by atoms with Crippen LogP contribution >= 0.6 is 0 Å². The first-order valence-corrected chi connectivity index (χ1v) is 8.75. The van der Waals surface area contributed by atoms with Crippen LogP contribution in [-0.2, 0) is 0 Å². The summed E-state index contributed by atoms with van der Waals surface area (Å²) in [4.78, 5) is 24.5. The van der Waals surface area contributed by atoms with Crippen LogP contribution in [0.5, 0.6) is 11.5 Å². The Morgan fingerprint density at radius 3 is 2.45 bits per heavy atom. The van der Waals surface area contributed by atoms with Crippen LogP contribution in [-0.4, -0.2) is 35.3 Å². The molecular weight excluding hydrogens is 379 g/mol. The zero-order chi connectivity index (χ0) is 20.8. The van der Waals surface area contributed by atoms with Gasteiger partial charge in [-0.3, -0.25) is 20.4 Å². The van der Waals surface area contributed by atoms with Gasteiger partial charge >= 0.3 is 0 Å². The molecule has 0 atom stereocenters. The quantitative estimate of drug-likeness (QED) is 0.622. The lowest BCUT2D eigenvalue weighted by atomic mass is 10.2. The number of carbonyl (C=O) groups excluding carboxylic acids is 2. The lowest BCUT2D eigenvalue weighted by Crippen LogP contribution is -2.41. The number of hydrogen-bond donors (Lipinski definition) is 2. The molecule has 0 aliphatic carbocycles. The Balaban J connectivity index is 1.63. The van der Waals surface area contributed by atoms with E-state index in [9.17, 15) is 14.0 Å². The lowest BCUT2D eigenvalue weighted by Gasteiger charge is -2.11. The third kappa shape index (κ3) is 4.70. The van der Waals surface area contributed by atoms with Gasteiger partial charge in [0.1, 0.15) is 5.82 Å². The minimum absolute atomic E-state index is 0.0823. The van der Waals surface area contributed by atoms with E-state index in [1.807, 2.05) is 6.92 Å². The first-order valence-electron chi connectivity index (χ1n) is 8.75. The van der Waals surface area contributed by atoms with E-state index in [1.54, 1.807) is 18.3 Å². The van der Waals surface area contributed by atoms with Gasteiger partial charge < -0.3 is 9.47 Å². The van der Waals surface area contributed by atoms with Gasteiger partial charge in [-0.1, -0.05) is 0 Å². The largest absolute Gasteiger partial charge is 0.493 e. The monoisotopic (exact) mass is 398 g/mol. The average Bonchev–Trinajstić information content (AvgIpc) is 3.23. The fraction of sp³-hybridized carbons (Fsp3) is 0.150. The molecule has 3 aromatic rings. The van der Waals surface area contributed by atoms with Crippen LogP contribution in [0, 0.1) is 5.82 Å². The van der Waals surface area contributed by atoms with E-state index < -0.39 is 11.8 Å². The van der Waals surface area contributed by atoms with Gasteiger partial charge in [-0.15, -0.1) is 0 Å². The number of nitrogens with zero attached hydrogens (tertiary/aromatic N) is 2. The number of amides is 2. The molecule has 0 fully saturated rings. The molecule has 1 heterocycles. The van der Waals surface area contributed by atoms with Gasteiger partial charge in [0, 0.05) is 11.8 Å². The summed E-state index contributed by atoms with van der Waals surface area (Å²) in [5.41, 5.74) is 5.58. The zero-order valence-electron chi connectivity index (χ0n) is 15.8. The molecule has 2 amide bonds. The van der Waals surface area contributed by atoms with Crippen LogP contribution in [0.4, 0.5) is 4.39 Å². The SMILES string of the molecule is CCOc1ccc(C(=O)NNC(=O)c2ccn(-c3ccc(F)cc3)n2)cc1OC. The smallest absolute Gasteiger partial charge is 0.290 e. The molecule has 150 valence electrons. The van der Waals surface area contributed by atoms with Gasteiger partial charge in [-0.2, -0.15) is 5.10 Å². The third-order valence-corrected chi connectivity index (χ3v) is 3.93. The van der Waals surface area contributed by atoms with Crippen molar-refractivity contribution in [3.63, 3.8) is 0 Å². The van der Waals surface area contributed by atoms with Crippen LogP contribution in [0.25, 0.3) is 5.69 Å². The first kappa shape index (κ1) is 19.9. The summed E-state index contributed by atoms with van der Waals surface area (Å²) in [5, 5.41) is 4.11. The van der Waals surface area contributed by atoms with Gasteiger partial charge in [-0.25, -0.2) is 9.07 Å². The van der Waals surface area contributed by atoms with Crippen LogP contribution < -0.4 is 20.3 Å². The minimum atomic E-state index is -0.600. The number of ether oxygens (including phenoxy) is 2. The van der Waals surface area contributed by atoms with Crippen molar-refractivity contribution in [1.29, 1.82) is 0 Å². The molecule has 1 aromatic heterocycles. The highest BCUT2D eigenvalue weighted by molar-refractivity contribution is 5.98. The Bertz CT molecular complexity index is 1020. The second-order valence-electron chi connectivity index (χ2n) is 5.83. The first-order chi connectivity index (χ1) is 14.0. The normalized spacial score (nSPS) is 10.3. The topological polar surface area (TPSA) is 94.5 Å². The molecule has 0 saturated heterocycles. The number of carbonyl (C=O) groups is 2. The van der Waals surface area contributed by atoms with Gasteiger partial charge in [0.15, 0.2) is 17.2 Å². The van der Waals surface area contributed by atoms with Crippen LogP contribution in [0.1, 0.15) is 27.8 Å². The maximum Gasteiger partial charge on any atom is 0.290 e. The van der Waals surface area contributed by atoms with Gasteiger partial charge in [-0.05, 0) is 55.5 Å². The van der Waals surface area contributed by atoms with Crippen molar-refractivity contribution in [2.24, 2.45) is 0 Å². The molecule has 0 aliphatic rings. The molecule has 0 saturated carbocycles. The van der Waals surface area contributed by atoms with E-state index in [2.05, 4.69) is 16.0 Å². The van der Waals surface area contributed by atoms with Crippen molar-refractivity contribution in [2.75, 3.05) is 13.7 Å². The maximum atomic E-state index is 13.0. The predicted molar refractivity (Wildman–Crippen MR) is 103 cm³/mol. The summed E-state index contributed by atoms with van der Waals surface area (Å²) in [6.45, 7) is 2.30. The standard InChI is InChI=1S/C20H19FN4O4/c1-3-29-17-9-4-13(12-18(17)28-2)19(26)22-23-20(27)16-10-11-25(24-16)15-7-5-14(21)6-8-15/h4-12H,3H2,1-2H3,(H,22,26)(H,23,27). The molecule has 2 aromatic carbocycles. The fourth-order valence-corrected chi connectivity index (χ4v) is 2.52. The van der Waals surface area contributed by atoms with E-state index in [1.165, 1.54) is 48.2 Å². The molecule has 8 nitrogen and oxygen atoms in total. The summed E-state index contributed by atoms with van der Waals surface area (Å²) in [6, 6.07) is 11.8. The second kappa shape index (κ2) is 8.87. The highest BCUT2D eigenvalue weighted by Crippen LogP contribution is 2.27. The van der Waals surface area contributed by atoms with Crippen molar-refractivity contribution in [3.8, 4) is 17.2 Å². The molecule has 0 unspecified atom stereocenters. The number of hydrazine groups is 1. The van der Waals surface area contributed by atoms with E-state index in [0.717, 1.165) is 0 Å². The number of aromatic nitrogens is 2. The summed E-state index contributed by atoms with van der Waals surface area (Å²) >= 11 is 0. The van der Waals surface area contributed by atoms with Crippen molar-refractivity contribution in [1.82, 2.24) is 20.6 Å². The number of nitrogens with one attached hydrogen (secondary N) is 2. The van der Waals surface area contributed by atoms with E-state index in [4.69, 9.17) is 9.47 Å². The van der Waals surface area contributed by atoms with Crippen molar-refractivity contribution >= 4 is 11.8 Å². The Labute approximate surface area is 166 Å². The van der Waals surface area contributed by atoms with Crippen LogP contribution in [0.2, 0.25) is 0 Å². The molecule has 0 spiro atoms. The Morgan fingerprint density at radius 2 is 1.76 bits per heavy atom. The van der Waals surface area contributed by atoms with Gasteiger partial charge in [0.05, 0.1) is 19.4 Å². The molecule has 29 heavy (non-hydrogen) atoms. The van der Waals surface area contributed by atoms with E-state index in [-0.39, 0.29) is 17.1 Å². The number of benzene rings is 2. The molecule has 2 N–H and O–H groups in total. The second-order valence-corrected chi connectivity index (χ2v) is 5.83. The molecule has 3 rings (SSSR count). The van der Waals surface area contributed by atoms with E-state index >= 15 is 0 Å².